The summed E-state index contributed by atoms with van der Waals surface area (Å²) in [7, 11) is 0. The van der Waals surface area contributed by atoms with Crippen LogP contribution in [0.15, 0.2) is 0 Å². The van der Waals surface area contributed by atoms with Gasteiger partial charge >= 0.3 is 0 Å². The van der Waals surface area contributed by atoms with Gasteiger partial charge in [-0.05, 0) is 6.92 Å². The minimum absolute atomic E-state index is 0.431. The summed E-state index contributed by atoms with van der Waals surface area (Å²) < 4.78 is 14.4. The van der Waals surface area contributed by atoms with Crippen LogP contribution in [-0.4, -0.2) is 39.1 Å². The van der Waals surface area contributed by atoms with Gasteiger partial charge in [-0.1, -0.05) is 0 Å². The first-order valence-corrected chi connectivity index (χ1v) is 3.70. The summed E-state index contributed by atoms with van der Waals surface area (Å²) in [6.45, 7) is 6.48. The van der Waals surface area contributed by atoms with Crippen LogP contribution < -0.4 is 0 Å². The third-order valence-corrected chi connectivity index (χ3v) is 1.11. The Kier molecular flexibility index (Phi) is 3.72. The fraction of sp³-hybridized carbons (Fsp3) is 1.00. The largest absolute Gasteiger partial charge is 0.379 e. The highest BCUT2D eigenvalue weighted by Crippen LogP contribution is 2.07. The van der Waals surface area contributed by atoms with Crippen LogP contribution in [-0.2, 0) is 14.2 Å². The number of epoxide rings is 2. The zero-order valence-corrected chi connectivity index (χ0v) is 6.34. The number of hydrogen-bond donors (Lipinski definition) is 0. The Morgan fingerprint density at radius 2 is 2.10 bits per heavy atom. The highest BCUT2D eigenvalue weighted by molar-refractivity contribution is 4.66. The molecule has 3 heteroatoms. The quantitative estimate of drug-likeness (QED) is 0.542. The molecule has 0 aromatic carbocycles. The maximum Gasteiger partial charge on any atom is 0.104 e. The molecule has 2 aliphatic rings. The molecular formula is C7H14O3. The summed E-state index contributed by atoms with van der Waals surface area (Å²) in [5, 5.41) is 0. The van der Waals surface area contributed by atoms with Gasteiger partial charge in [0.25, 0.3) is 0 Å². The van der Waals surface area contributed by atoms with Crippen LogP contribution in [0.2, 0.25) is 0 Å². The third-order valence-electron chi connectivity index (χ3n) is 1.11. The smallest absolute Gasteiger partial charge is 0.104 e. The molecule has 0 spiro atoms. The molecule has 0 aromatic heterocycles. The Morgan fingerprint density at radius 3 is 2.40 bits per heavy atom. The molecule has 2 saturated heterocycles. The fourth-order valence-corrected chi connectivity index (χ4v) is 0.414. The van der Waals surface area contributed by atoms with Crippen molar-refractivity contribution in [2.75, 3.05) is 33.0 Å². The lowest BCUT2D eigenvalue weighted by Crippen LogP contribution is -1.99. The van der Waals surface area contributed by atoms with Gasteiger partial charge in [0.05, 0.1) is 26.4 Å². The summed E-state index contributed by atoms with van der Waals surface area (Å²) in [5.74, 6) is 0. The molecule has 1 atom stereocenters. The van der Waals surface area contributed by atoms with Crippen molar-refractivity contribution in [2.24, 2.45) is 0 Å². The molecule has 10 heavy (non-hydrogen) atoms. The lowest BCUT2D eigenvalue weighted by molar-refractivity contribution is 0.128. The first-order chi connectivity index (χ1) is 4.93. The van der Waals surface area contributed by atoms with E-state index in [4.69, 9.17) is 9.47 Å². The van der Waals surface area contributed by atoms with Crippen LogP contribution in [0.25, 0.3) is 0 Å². The molecule has 0 aromatic rings. The van der Waals surface area contributed by atoms with Crippen molar-refractivity contribution in [3.8, 4) is 0 Å². The van der Waals surface area contributed by atoms with E-state index in [1.165, 1.54) is 0 Å². The summed E-state index contributed by atoms with van der Waals surface area (Å²) in [5.41, 5.74) is 0. The topological polar surface area (TPSA) is 34.3 Å². The third kappa shape index (κ3) is 6.01. The highest BCUT2D eigenvalue weighted by atomic mass is 16.6. The van der Waals surface area contributed by atoms with E-state index < -0.39 is 0 Å². The van der Waals surface area contributed by atoms with E-state index in [0.717, 1.165) is 33.0 Å². The molecule has 0 bridgehead atoms. The molecule has 0 N–H and O–H groups in total. The minimum atomic E-state index is 0.431. The number of hydrogen-bond acceptors (Lipinski definition) is 3. The molecule has 1 unspecified atom stereocenters. The Balaban J connectivity index is 0.000000138. The molecule has 2 heterocycles. The predicted molar refractivity (Wildman–Crippen MR) is 37.1 cm³/mol. The Morgan fingerprint density at radius 1 is 1.50 bits per heavy atom. The minimum Gasteiger partial charge on any atom is -0.379 e. The second-order valence-corrected chi connectivity index (χ2v) is 2.23. The molecule has 0 amide bonds. The average molecular weight is 146 g/mol. The molecule has 0 saturated carbocycles. The van der Waals surface area contributed by atoms with Gasteiger partial charge in [-0.2, -0.15) is 0 Å². The number of ether oxygens (including phenoxy) is 3. The van der Waals surface area contributed by atoms with E-state index in [2.05, 4.69) is 4.74 Å². The molecule has 3 nitrogen and oxygen atoms in total. The lowest BCUT2D eigenvalue weighted by atomic mass is 10.5. The van der Waals surface area contributed by atoms with Crippen molar-refractivity contribution < 1.29 is 14.2 Å². The zero-order chi connectivity index (χ0) is 7.23. The van der Waals surface area contributed by atoms with Gasteiger partial charge in [0.2, 0.25) is 0 Å². The number of rotatable bonds is 3. The predicted octanol–water partition coefficient (Wildman–Crippen LogP) is 0.438. The van der Waals surface area contributed by atoms with Crippen LogP contribution in [0, 0.1) is 0 Å². The van der Waals surface area contributed by atoms with Crippen molar-refractivity contribution in [3.63, 3.8) is 0 Å². The van der Waals surface area contributed by atoms with E-state index in [0.29, 0.717) is 6.10 Å². The Hall–Kier alpha value is -0.120. The zero-order valence-electron chi connectivity index (χ0n) is 6.34. The monoisotopic (exact) mass is 146 g/mol. The van der Waals surface area contributed by atoms with Crippen LogP contribution in [0.1, 0.15) is 6.92 Å². The lowest BCUT2D eigenvalue weighted by Gasteiger charge is -1.91. The van der Waals surface area contributed by atoms with Crippen LogP contribution in [0.4, 0.5) is 0 Å². The Bertz CT molecular complexity index is 76.2. The van der Waals surface area contributed by atoms with E-state index in [-0.39, 0.29) is 0 Å². The molecule has 60 valence electrons. The van der Waals surface area contributed by atoms with Crippen LogP contribution in [0.5, 0.6) is 0 Å². The maximum atomic E-state index is 5.03. The molecular weight excluding hydrogens is 132 g/mol. The standard InChI is InChI=1S/C5H10O2.C2H4O/c1-2-6-3-5-4-7-5;1-2-3-1/h5H,2-4H2,1H3;1-2H2. The van der Waals surface area contributed by atoms with Crippen molar-refractivity contribution in [3.05, 3.63) is 0 Å². The summed E-state index contributed by atoms with van der Waals surface area (Å²) >= 11 is 0. The summed E-state index contributed by atoms with van der Waals surface area (Å²) in [6, 6.07) is 0. The van der Waals surface area contributed by atoms with Gasteiger partial charge in [0, 0.05) is 6.61 Å². The first kappa shape index (κ1) is 7.98. The average Bonchev–Trinajstić information content (AvgIpc) is 2.74. The Labute approximate surface area is 61.3 Å². The maximum absolute atomic E-state index is 5.03. The molecule has 2 aliphatic heterocycles. The van der Waals surface area contributed by atoms with Crippen molar-refractivity contribution in [1.29, 1.82) is 0 Å². The summed E-state index contributed by atoms with van der Waals surface area (Å²) in [4.78, 5) is 0. The van der Waals surface area contributed by atoms with Crippen molar-refractivity contribution in [1.82, 2.24) is 0 Å². The SMILES string of the molecule is C1CO1.CCOCC1CO1. The van der Waals surface area contributed by atoms with Crippen molar-refractivity contribution >= 4 is 0 Å². The molecule has 0 radical (unpaired) electrons. The molecule has 2 fully saturated rings. The van der Waals surface area contributed by atoms with Gasteiger partial charge in [-0.25, -0.2) is 0 Å². The highest BCUT2D eigenvalue weighted by Gasteiger charge is 2.21. The normalized spacial score (nSPS) is 26.7. The second kappa shape index (κ2) is 4.66. The van der Waals surface area contributed by atoms with Crippen LogP contribution in [0.3, 0.4) is 0 Å². The molecule has 2 rings (SSSR count). The van der Waals surface area contributed by atoms with E-state index in [9.17, 15) is 0 Å². The van der Waals surface area contributed by atoms with E-state index in [1.807, 2.05) is 6.92 Å². The van der Waals surface area contributed by atoms with Gasteiger partial charge < -0.3 is 14.2 Å². The van der Waals surface area contributed by atoms with Gasteiger partial charge in [0.1, 0.15) is 6.10 Å². The fourth-order valence-electron chi connectivity index (χ4n) is 0.414. The first-order valence-electron chi connectivity index (χ1n) is 3.70. The van der Waals surface area contributed by atoms with E-state index >= 15 is 0 Å². The van der Waals surface area contributed by atoms with Crippen molar-refractivity contribution in [2.45, 2.75) is 13.0 Å². The van der Waals surface area contributed by atoms with Gasteiger partial charge in [-0.15, -0.1) is 0 Å². The van der Waals surface area contributed by atoms with Gasteiger partial charge in [0.15, 0.2) is 0 Å². The molecule has 0 aliphatic carbocycles. The van der Waals surface area contributed by atoms with Crippen LogP contribution >= 0.6 is 0 Å². The second-order valence-electron chi connectivity index (χ2n) is 2.23. The van der Waals surface area contributed by atoms with Gasteiger partial charge in [-0.3, -0.25) is 0 Å². The van der Waals surface area contributed by atoms with E-state index in [1.54, 1.807) is 0 Å². The summed E-state index contributed by atoms with van der Waals surface area (Å²) in [6.07, 6.45) is 0.431.